The first-order valence-corrected chi connectivity index (χ1v) is 17.1. The van der Waals surface area contributed by atoms with Gasteiger partial charge in [0.05, 0.1) is 11.4 Å². The van der Waals surface area contributed by atoms with E-state index in [1.165, 1.54) is 44.5 Å². The summed E-state index contributed by atoms with van der Waals surface area (Å²) in [5.41, 5.74) is 13.7. The first-order valence-electron chi connectivity index (χ1n) is 15.4. The van der Waals surface area contributed by atoms with Crippen LogP contribution in [0, 0.1) is 27.7 Å². The lowest BCUT2D eigenvalue weighted by molar-refractivity contribution is 0.413. The maximum Gasteiger partial charge on any atom is 0.733 e. The Balaban J connectivity index is 1.32. The van der Waals surface area contributed by atoms with Gasteiger partial charge in [-0.05, 0) is 121 Å². The Hall–Kier alpha value is -5.26. The van der Waals surface area contributed by atoms with Crippen molar-refractivity contribution in [2.75, 3.05) is 9.13 Å². The van der Waals surface area contributed by atoms with Gasteiger partial charge in [0.25, 0.3) is 0 Å². The van der Waals surface area contributed by atoms with Crippen molar-refractivity contribution in [2.24, 2.45) is 0 Å². The fourth-order valence-electron chi connectivity index (χ4n) is 6.43. The van der Waals surface area contributed by atoms with Crippen LogP contribution >= 0.6 is 0 Å². The SMILES string of the molecule is Cc1cc2c(cc1C)N(c1ccc(-c3ccccc3)cc1)[Si]1(O2)Oc2cc(C)c(C)cc2N1c1ccc(-c2ccccc2)cc1. The summed E-state index contributed by atoms with van der Waals surface area (Å²) in [6.07, 6.45) is 0. The van der Waals surface area contributed by atoms with Crippen molar-refractivity contribution >= 4 is 31.6 Å². The molecular weight excluding hydrogens is 569 g/mol. The number of aryl methyl sites for hydroxylation is 4. The van der Waals surface area contributed by atoms with Gasteiger partial charge in [-0.15, -0.1) is 0 Å². The van der Waals surface area contributed by atoms with Gasteiger partial charge in [0.2, 0.25) is 0 Å². The van der Waals surface area contributed by atoms with E-state index in [9.17, 15) is 0 Å². The van der Waals surface area contributed by atoms with Gasteiger partial charge in [-0.1, -0.05) is 84.9 Å². The molecule has 0 aliphatic carbocycles. The zero-order valence-corrected chi connectivity index (χ0v) is 26.9. The van der Waals surface area contributed by atoms with Crippen LogP contribution in [0.25, 0.3) is 22.3 Å². The fourth-order valence-corrected chi connectivity index (χ4v) is 9.84. The predicted octanol–water partition coefficient (Wildman–Crippen LogP) is 10.5. The van der Waals surface area contributed by atoms with Gasteiger partial charge < -0.3 is 8.85 Å². The first-order chi connectivity index (χ1) is 21.9. The van der Waals surface area contributed by atoms with Gasteiger partial charge in [-0.25, -0.2) is 0 Å². The second-order valence-corrected chi connectivity index (χ2v) is 14.5. The summed E-state index contributed by atoms with van der Waals surface area (Å²) in [6.45, 7) is 8.61. The number of fused-ring (bicyclic) bond motifs is 2. The summed E-state index contributed by atoms with van der Waals surface area (Å²) in [5.74, 6) is 1.70. The molecule has 0 bridgehead atoms. The molecule has 2 aliphatic rings. The van der Waals surface area contributed by atoms with Crippen LogP contribution < -0.4 is 18.0 Å². The molecule has 2 heterocycles. The lowest BCUT2D eigenvalue weighted by atomic mass is 10.1. The molecule has 0 radical (unpaired) electrons. The molecule has 0 saturated carbocycles. The summed E-state index contributed by atoms with van der Waals surface area (Å²) < 4.78 is 19.1. The fraction of sp³-hybridized carbons (Fsp3) is 0.100. The van der Waals surface area contributed by atoms with E-state index < -0.39 is 8.88 Å². The summed E-state index contributed by atoms with van der Waals surface area (Å²) in [5, 5.41) is 0. The first kappa shape index (κ1) is 27.3. The van der Waals surface area contributed by atoms with Crippen LogP contribution in [0.3, 0.4) is 0 Å². The average molecular weight is 603 g/mol. The standard InChI is InChI=1S/C40H34N2O2Si/c1-27-23-37-39(25-29(27)3)43-45(41(37)35-19-15-33(16-20-35)31-11-7-5-8-12-31)42(38-24-28(2)30(4)26-40(38)44-45)36-21-17-34(18-22-36)32-13-9-6-10-14-32/h5-26H,1-4H3. The van der Waals surface area contributed by atoms with Gasteiger partial charge >= 0.3 is 8.88 Å². The molecule has 0 amide bonds. The lowest BCUT2D eigenvalue weighted by Crippen LogP contribution is -2.67. The number of rotatable bonds is 4. The molecule has 4 nitrogen and oxygen atoms in total. The molecule has 5 heteroatoms. The molecule has 6 aromatic carbocycles. The Morgan fingerprint density at radius 3 is 1.11 bits per heavy atom. The van der Waals surface area contributed by atoms with E-state index in [0.717, 1.165) is 34.2 Å². The van der Waals surface area contributed by atoms with Crippen LogP contribution in [0.15, 0.2) is 133 Å². The third kappa shape index (κ3) is 4.42. The Bertz CT molecular complexity index is 1890. The third-order valence-electron chi connectivity index (χ3n) is 9.15. The summed E-state index contributed by atoms with van der Waals surface area (Å²) in [7, 11) is -3.44. The quantitative estimate of drug-likeness (QED) is 0.187. The second kappa shape index (κ2) is 10.4. The molecule has 0 unspecified atom stereocenters. The maximum absolute atomic E-state index is 7.19. The van der Waals surface area contributed by atoms with Gasteiger partial charge in [-0.2, -0.15) is 0 Å². The molecule has 0 atom stereocenters. The summed E-state index contributed by atoms with van der Waals surface area (Å²) >= 11 is 0. The highest BCUT2D eigenvalue weighted by molar-refractivity contribution is 6.81. The molecule has 220 valence electrons. The highest BCUT2D eigenvalue weighted by Gasteiger charge is 2.68. The minimum atomic E-state index is -3.44. The molecular formula is C40H34N2O2Si. The number of hydrogen-bond acceptors (Lipinski definition) is 4. The van der Waals surface area contributed by atoms with E-state index in [1.54, 1.807) is 0 Å². The Morgan fingerprint density at radius 2 is 0.733 bits per heavy atom. The predicted molar refractivity (Wildman–Crippen MR) is 187 cm³/mol. The van der Waals surface area contributed by atoms with E-state index in [2.05, 4.69) is 170 Å². The van der Waals surface area contributed by atoms with Crippen molar-refractivity contribution in [3.05, 3.63) is 156 Å². The molecule has 0 saturated heterocycles. The van der Waals surface area contributed by atoms with Crippen LogP contribution in [-0.4, -0.2) is 8.88 Å². The van der Waals surface area contributed by atoms with Gasteiger partial charge in [0, 0.05) is 11.4 Å². The van der Waals surface area contributed by atoms with Crippen molar-refractivity contribution < 1.29 is 8.85 Å². The number of benzene rings is 6. The minimum Gasteiger partial charge on any atom is -0.478 e. The van der Waals surface area contributed by atoms with Crippen LogP contribution in [0.2, 0.25) is 0 Å². The van der Waals surface area contributed by atoms with Crippen molar-refractivity contribution in [1.82, 2.24) is 0 Å². The van der Waals surface area contributed by atoms with Crippen molar-refractivity contribution in [2.45, 2.75) is 27.7 Å². The van der Waals surface area contributed by atoms with Gasteiger partial charge in [0.15, 0.2) is 0 Å². The summed E-state index contributed by atoms with van der Waals surface area (Å²) in [6, 6.07) is 47.4. The number of hydrogen-bond donors (Lipinski definition) is 0. The van der Waals surface area contributed by atoms with Crippen LogP contribution in [0.5, 0.6) is 11.5 Å². The summed E-state index contributed by atoms with van der Waals surface area (Å²) in [4.78, 5) is 0. The van der Waals surface area contributed by atoms with Crippen LogP contribution in [0.1, 0.15) is 22.3 Å². The number of nitrogens with zero attached hydrogens (tertiary/aromatic N) is 2. The van der Waals surface area contributed by atoms with E-state index in [-0.39, 0.29) is 0 Å². The van der Waals surface area contributed by atoms with Gasteiger partial charge in [-0.3, -0.25) is 9.13 Å². The van der Waals surface area contributed by atoms with Crippen LogP contribution in [-0.2, 0) is 0 Å². The van der Waals surface area contributed by atoms with E-state index in [4.69, 9.17) is 8.85 Å². The maximum atomic E-state index is 7.19. The zero-order chi connectivity index (χ0) is 30.7. The molecule has 6 aromatic rings. The largest absolute Gasteiger partial charge is 0.733 e. The molecule has 8 rings (SSSR count). The van der Waals surface area contributed by atoms with Gasteiger partial charge in [0.1, 0.15) is 11.5 Å². The molecule has 0 aromatic heterocycles. The second-order valence-electron chi connectivity index (χ2n) is 12.1. The molecule has 45 heavy (non-hydrogen) atoms. The van der Waals surface area contributed by atoms with Crippen molar-refractivity contribution in [3.63, 3.8) is 0 Å². The molecule has 2 aliphatic heterocycles. The Morgan fingerprint density at radius 1 is 0.400 bits per heavy atom. The molecule has 0 fully saturated rings. The average Bonchev–Trinajstić information content (AvgIpc) is 3.54. The Labute approximate surface area is 266 Å². The van der Waals surface area contributed by atoms with E-state index in [0.29, 0.717) is 0 Å². The number of anilines is 4. The van der Waals surface area contributed by atoms with E-state index >= 15 is 0 Å². The monoisotopic (exact) mass is 602 g/mol. The highest BCUT2D eigenvalue weighted by atomic mass is 28.4. The Kier molecular flexibility index (Phi) is 6.32. The van der Waals surface area contributed by atoms with E-state index in [1.807, 2.05) is 0 Å². The molecule has 0 N–H and O–H groups in total. The minimum absolute atomic E-state index is 0.851. The third-order valence-corrected chi connectivity index (χ3v) is 12.2. The smallest absolute Gasteiger partial charge is 0.478 e. The normalized spacial score (nSPS) is 14.2. The topological polar surface area (TPSA) is 24.9 Å². The zero-order valence-electron chi connectivity index (χ0n) is 25.9. The van der Waals surface area contributed by atoms with Crippen molar-refractivity contribution in [1.29, 1.82) is 0 Å². The van der Waals surface area contributed by atoms with Crippen molar-refractivity contribution in [3.8, 4) is 33.8 Å². The highest BCUT2D eigenvalue weighted by Crippen LogP contribution is 2.55. The van der Waals surface area contributed by atoms with Crippen LogP contribution in [0.4, 0.5) is 22.7 Å². The molecule has 1 spiro atoms. The lowest BCUT2D eigenvalue weighted by Gasteiger charge is -2.35.